The summed E-state index contributed by atoms with van der Waals surface area (Å²) in [6, 6.07) is 0. The Labute approximate surface area is 53.0 Å². The molecular formula is C5H9NO3. The average molecular weight is 131 g/mol. The van der Waals surface area contributed by atoms with Crippen molar-refractivity contribution in [2.45, 2.75) is 6.10 Å². The maximum atomic E-state index is 10.5. The molecule has 1 amide bonds. The van der Waals surface area contributed by atoms with E-state index in [-0.39, 0.29) is 18.8 Å². The van der Waals surface area contributed by atoms with Crippen molar-refractivity contribution < 1.29 is 14.6 Å². The van der Waals surface area contributed by atoms with Crippen LogP contribution in [0.25, 0.3) is 0 Å². The van der Waals surface area contributed by atoms with Gasteiger partial charge >= 0.3 is 6.09 Å². The zero-order valence-corrected chi connectivity index (χ0v) is 5.20. The number of nitrogens with zero attached hydrogens (tertiary/aromatic N) is 1. The number of ether oxygens (including phenoxy) is 1. The van der Waals surface area contributed by atoms with E-state index in [2.05, 4.69) is 4.74 Å². The first-order chi connectivity index (χ1) is 4.24. The van der Waals surface area contributed by atoms with Crippen molar-refractivity contribution in [3.8, 4) is 0 Å². The van der Waals surface area contributed by atoms with Crippen molar-refractivity contribution in [2.75, 3.05) is 20.2 Å². The lowest BCUT2D eigenvalue weighted by atomic mass is 10.4. The largest absolute Gasteiger partial charge is 0.442 e. The van der Waals surface area contributed by atoms with Gasteiger partial charge in [-0.05, 0) is 0 Å². The molecule has 4 heteroatoms. The van der Waals surface area contributed by atoms with E-state index in [1.54, 1.807) is 7.05 Å². The Morgan fingerprint density at radius 2 is 2.67 bits per heavy atom. The predicted molar refractivity (Wildman–Crippen MR) is 30.0 cm³/mol. The van der Waals surface area contributed by atoms with E-state index >= 15 is 0 Å². The second kappa shape index (κ2) is 2.23. The van der Waals surface area contributed by atoms with E-state index in [0.717, 1.165) is 0 Å². The number of hydrogen-bond donors (Lipinski definition) is 1. The van der Waals surface area contributed by atoms with Gasteiger partial charge in [0, 0.05) is 7.05 Å². The summed E-state index contributed by atoms with van der Waals surface area (Å²) >= 11 is 0. The van der Waals surface area contributed by atoms with Gasteiger partial charge in [0.2, 0.25) is 0 Å². The molecule has 1 aliphatic heterocycles. The quantitative estimate of drug-likeness (QED) is 0.518. The third kappa shape index (κ3) is 1.13. The number of rotatable bonds is 1. The molecule has 0 saturated carbocycles. The van der Waals surface area contributed by atoms with Crippen LogP contribution in [0.15, 0.2) is 0 Å². The fraction of sp³-hybridized carbons (Fsp3) is 0.800. The lowest BCUT2D eigenvalue weighted by molar-refractivity contribution is 0.0951. The first-order valence-corrected chi connectivity index (χ1v) is 2.76. The molecule has 0 aromatic rings. The van der Waals surface area contributed by atoms with E-state index in [1.165, 1.54) is 4.90 Å². The van der Waals surface area contributed by atoms with Gasteiger partial charge < -0.3 is 14.7 Å². The Bertz CT molecular complexity index is 125. The van der Waals surface area contributed by atoms with Gasteiger partial charge in [0.15, 0.2) is 0 Å². The minimum atomic E-state index is -0.353. The van der Waals surface area contributed by atoms with E-state index in [4.69, 9.17) is 5.11 Å². The number of carbonyl (C=O) groups is 1. The first-order valence-electron chi connectivity index (χ1n) is 2.76. The third-order valence-corrected chi connectivity index (χ3v) is 1.26. The SMILES string of the molecule is CN1C[C@@H](CO)OC1=O. The zero-order chi connectivity index (χ0) is 6.85. The van der Waals surface area contributed by atoms with Crippen molar-refractivity contribution in [3.05, 3.63) is 0 Å². The predicted octanol–water partition coefficient (Wildman–Crippen LogP) is -0.571. The molecule has 1 fully saturated rings. The highest BCUT2D eigenvalue weighted by Gasteiger charge is 2.26. The molecule has 1 saturated heterocycles. The highest BCUT2D eigenvalue weighted by atomic mass is 16.6. The summed E-state index contributed by atoms with van der Waals surface area (Å²) in [5.41, 5.74) is 0. The standard InChI is InChI=1S/C5H9NO3/c1-6-2-4(3-7)9-5(6)8/h4,7H,2-3H2,1H3/t4-/m0/s1. The van der Waals surface area contributed by atoms with Crippen LogP contribution in [0.5, 0.6) is 0 Å². The topological polar surface area (TPSA) is 49.8 Å². The lowest BCUT2D eigenvalue weighted by Gasteiger charge is -2.00. The van der Waals surface area contributed by atoms with Gasteiger partial charge in [-0.3, -0.25) is 0 Å². The van der Waals surface area contributed by atoms with Crippen LogP contribution in [0.4, 0.5) is 4.79 Å². The lowest BCUT2D eigenvalue weighted by Crippen LogP contribution is -2.20. The van der Waals surface area contributed by atoms with Crippen molar-refractivity contribution in [3.63, 3.8) is 0 Å². The number of cyclic esters (lactones) is 1. The first kappa shape index (κ1) is 6.35. The number of hydrogen-bond acceptors (Lipinski definition) is 3. The van der Waals surface area contributed by atoms with Gasteiger partial charge in [0.05, 0.1) is 13.2 Å². The molecule has 1 heterocycles. The van der Waals surface area contributed by atoms with Crippen LogP contribution in [0.3, 0.4) is 0 Å². The summed E-state index contributed by atoms with van der Waals surface area (Å²) in [5, 5.41) is 8.50. The summed E-state index contributed by atoms with van der Waals surface area (Å²) in [5.74, 6) is 0. The number of aliphatic hydroxyl groups is 1. The molecule has 0 aromatic heterocycles. The number of likely N-dealkylation sites (N-methyl/N-ethyl adjacent to an activating group) is 1. The normalized spacial score (nSPS) is 26.7. The minimum Gasteiger partial charge on any atom is -0.442 e. The van der Waals surface area contributed by atoms with Gasteiger partial charge in [-0.2, -0.15) is 0 Å². The number of aliphatic hydroxyl groups excluding tert-OH is 1. The maximum Gasteiger partial charge on any atom is 0.410 e. The molecule has 1 rings (SSSR count). The van der Waals surface area contributed by atoms with Gasteiger partial charge in [0.1, 0.15) is 6.10 Å². The second-order valence-corrected chi connectivity index (χ2v) is 2.07. The number of carbonyl (C=O) groups excluding carboxylic acids is 1. The van der Waals surface area contributed by atoms with Crippen molar-refractivity contribution in [1.82, 2.24) is 4.90 Å². The fourth-order valence-electron chi connectivity index (χ4n) is 0.745. The Morgan fingerprint density at radius 3 is 2.89 bits per heavy atom. The van der Waals surface area contributed by atoms with Crippen LogP contribution < -0.4 is 0 Å². The van der Waals surface area contributed by atoms with E-state index in [9.17, 15) is 4.79 Å². The summed E-state index contributed by atoms with van der Waals surface area (Å²) in [6.07, 6.45) is -0.670. The molecule has 1 atom stereocenters. The highest BCUT2D eigenvalue weighted by Crippen LogP contribution is 2.06. The van der Waals surface area contributed by atoms with Gasteiger partial charge in [0.25, 0.3) is 0 Å². The molecule has 1 N–H and O–H groups in total. The molecule has 0 spiro atoms. The third-order valence-electron chi connectivity index (χ3n) is 1.26. The minimum absolute atomic E-state index is 0.0872. The zero-order valence-electron chi connectivity index (χ0n) is 5.20. The average Bonchev–Trinajstić information content (AvgIpc) is 2.13. The molecule has 0 unspecified atom stereocenters. The summed E-state index contributed by atoms with van der Waals surface area (Å²) < 4.78 is 4.66. The molecule has 1 aliphatic rings. The molecule has 0 aliphatic carbocycles. The fourth-order valence-corrected chi connectivity index (χ4v) is 0.745. The monoisotopic (exact) mass is 131 g/mol. The van der Waals surface area contributed by atoms with Crippen LogP contribution in [0, 0.1) is 0 Å². The molecule has 52 valence electrons. The van der Waals surface area contributed by atoms with E-state index in [1.807, 2.05) is 0 Å². The maximum absolute atomic E-state index is 10.5. The highest BCUT2D eigenvalue weighted by molar-refractivity contribution is 5.69. The molecule has 0 bridgehead atoms. The molecule has 0 radical (unpaired) electrons. The van der Waals surface area contributed by atoms with Crippen molar-refractivity contribution in [2.24, 2.45) is 0 Å². The van der Waals surface area contributed by atoms with Gasteiger partial charge in [-0.1, -0.05) is 0 Å². The summed E-state index contributed by atoms with van der Waals surface area (Å²) in [6.45, 7) is 0.408. The van der Waals surface area contributed by atoms with Gasteiger partial charge in [-0.25, -0.2) is 4.79 Å². The van der Waals surface area contributed by atoms with Crippen LogP contribution in [-0.2, 0) is 4.74 Å². The smallest absolute Gasteiger partial charge is 0.410 e. The van der Waals surface area contributed by atoms with E-state index in [0.29, 0.717) is 6.54 Å². The Balaban J connectivity index is 2.44. The summed E-state index contributed by atoms with van der Waals surface area (Å²) in [7, 11) is 1.64. The van der Waals surface area contributed by atoms with Gasteiger partial charge in [-0.15, -0.1) is 0 Å². The molecule has 0 aromatic carbocycles. The second-order valence-electron chi connectivity index (χ2n) is 2.07. The summed E-state index contributed by atoms with van der Waals surface area (Å²) in [4.78, 5) is 12.0. The number of amides is 1. The van der Waals surface area contributed by atoms with Crippen LogP contribution in [0.2, 0.25) is 0 Å². The molecule has 9 heavy (non-hydrogen) atoms. The van der Waals surface area contributed by atoms with E-state index < -0.39 is 0 Å². The van der Waals surface area contributed by atoms with Crippen molar-refractivity contribution >= 4 is 6.09 Å². The van der Waals surface area contributed by atoms with Crippen LogP contribution in [-0.4, -0.2) is 42.4 Å². The Hall–Kier alpha value is -0.770. The van der Waals surface area contributed by atoms with Crippen molar-refractivity contribution in [1.29, 1.82) is 0 Å². The molecule has 4 nitrogen and oxygen atoms in total. The molecular weight excluding hydrogens is 122 g/mol. The van der Waals surface area contributed by atoms with Crippen LogP contribution in [0.1, 0.15) is 0 Å². The van der Waals surface area contributed by atoms with Crippen LogP contribution >= 0.6 is 0 Å². The Kier molecular flexibility index (Phi) is 1.57. The Morgan fingerprint density at radius 1 is 2.00 bits per heavy atom.